The van der Waals surface area contributed by atoms with Crippen LogP contribution in [0.4, 0.5) is 0 Å². The van der Waals surface area contributed by atoms with Gasteiger partial charge in [-0.25, -0.2) is 0 Å². The molecule has 0 aliphatic heterocycles. The second kappa shape index (κ2) is 14.9. The molecule has 2 amide bonds. The van der Waals surface area contributed by atoms with E-state index in [2.05, 4.69) is 10.6 Å². The van der Waals surface area contributed by atoms with Gasteiger partial charge in [-0.05, 0) is 25.7 Å². The summed E-state index contributed by atoms with van der Waals surface area (Å²) in [6, 6.07) is 0. The van der Waals surface area contributed by atoms with Crippen LogP contribution in [0.3, 0.4) is 0 Å². The molecule has 2 N–H and O–H groups in total. The summed E-state index contributed by atoms with van der Waals surface area (Å²) in [5.74, 6) is -3.14. The van der Waals surface area contributed by atoms with Gasteiger partial charge in [0.15, 0.2) is 0 Å². The fourth-order valence-electron chi connectivity index (χ4n) is 2.11. The van der Waals surface area contributed by atoms with E-state index in [1.165, 1.54) is 0 Å². The van der Waals surface area contributed by atoms with Crippen LogP contribution in [0.1, 0.15) is 65.7 Å². The van der Waals surface area contributed by atoms with Crippen molar-refractivity contribution in [2.45, 2.75) is 65.7 Å². The van der Waals surface area contributed by atoms with Crippen molar-refractivity contribution in [2.75, 3.05) is 19.7 Å². The lowest BCUT2D eigenvalue weighted by Crippen LogP contribution is -2.36. The first kappa shape index (κ1) is 24.8. The lowest BCUT2D eigenvalue weighted by molar-refractivity contribution is -0.148. The van der Waals surface area contributed by atoms with Gasteiger partial charge >= 0.3 is 5.97 Å². The Morgan fingerprint density at radius 1 is 0.815 bits per heavy atom. The number of rotatable bonds is 15. The number of amides is 2. The zero-order valence-corrected chi connectivity index (χ0v) is 16.6. The van der Waals surface area contributed by atoms with E-state index in [9.17, 15) is 24.0 Å². The fourth-order valence-corrected chi connectivity index (χ4v) is 2.11. The molecule has 0 bridgehead atoms. The highest BCUT2D eigenvalue weighted by Crippen LogP contribution is 2.02. The van der Waals surface area contributed by atoms with Gasteiger partial charge in [0.1, 0.15) is 0 Å². The molecular formula is C19H32N2O6. The Hall–Kier alpha value is -2.25. The summed E-state index contributed by atoms with van der Waals surface area (Å²) in [6.07, 6.45) is 3.49. The first-order valence-corrected chi connectivity index (χ1v) is 9.62. The minimum absolute atomic E-state index is 0.0605. The number of hydrogen-bond acceptors (Lipinski definition) is 6. The number of Topliss-reactive ketones (excluding diaryl/α,β-unsaturated/α-hetero) is 2. The van der Waals surface area contributed by atoms with Crippen molar-refractivity contribution in [3.8, 4) is 0 Å². The highest BCUT2D eigenvalue weighted by molar-refractivity contribution is 6.36. The van der Waals surface area contributed by atoms with E-state index in [-0.39, 0.29) is 19.4 Å². The highest BCUT2D eigenvalue weighted by atomic mass is 16.5. The second-order valence-electron chi connectivity index (χ2n) is 6.44. The molecule has 0 aromatic rings. The summed E-state index contributed by atoms with van der Waals surface area (Å²) in [6.45, 7) is 6.11. The van der Waals surface area contributed by atoms with Crippen molar-refractivity contribution in [1.29, 1.82) is 0 Å². The molecule has 27 heavy (non-hydrogen) atoms. The maximum absolute atomic E-state index is 11.8. The van der Waals surface area contributed by atoms with E-state index in [4.69, 9.17) is 4.74 Å². The van der Waals surface area contributed by atoms with Gasteiger partial charge in [0.05, 0.1) is 12.5 Å². The van der Waals surface area contributed by atoms with Gasteiger partial charge in [0, 0.05) is 25.9 Å². The van der Waals surface area contributed by atoms with Crippen molar-refractivity contribution in [2.24, 2.45) is 5.92 Å². The molecule has 0 radical (unpaired) electrons. The minimum Gasteiger partial charge on any atom is -0.465 e. The quantitative estimate of drug-likeness (QED) is 0.250. The van der Waals surface area contributed by atoms with Crippen LogP contribution in [-0.4, -0.2) is 49.0 Å². The standard InChI is InChI=1S/C19H32N2O6/c1-4-9-15(22)17(24)20-11-8-6-7-10-16(23)18(25)21-13-14(3)19(26)27-12-5-2/h14H,4-13H2,1-3H3,(H,20,24)(H,21,25). The molecule has 0 aromatic carbocycles. The number of nitrogens with one attached hydrogen (secondary N) is 2. The number of hydrogen-bond donors (Lipinski definition) is 2. The SMILES string of the molecule is CCCOC(=O)C(C)CNC(=O)C(=O)CCCCCNC(=O)C(=O)CCC. The first-order chi connectivity index (χ1) is 12.8. The number of ether oxygens (including phenoxy) is 1. The van der Waals surface area contributed by atoms with E-state index in [0.29, 0.717) is 38.8 Å². The van der Waals surface area contributed by atoms with Gasteiger partial charge < -0.3 is 15.4 Å². The van der Waals surface area contributed by atoms with E-state index in [1.54, 1.807) is 6.92 Å². The lowest BCUT2D eigenvalue weighted by Gasteiger charge is -2.11. The summed E-state index contributed by atoms with van der Waals surface area (Å²) in [5, 5.41) is 4.99. The molecule has 1 atom stereocenters. The number of esters is 1. The first-order valence-electron chi connectivity index (χ1n) is 9.62. The van der Waals surface area contributed by atoms with Gasteiger partial charge in [-0.15, -0.1) is 0 Å². The zero-order chi connectivity index (χ0) is 20.7. The van der Waals surface area contributed by atoms with Crippen LogP contribution in [0.15, 0.2) is 0 Å². The molecule has 0 saturated heterocycles. The monoisotopic (exact) mass is 384 g/mol. The van der Waals surface area contributed by atoms with Gasteiger partial charge in [-0.2, -0.15) is 0 Å². The Balaban J connectivity index is 3.83. The Labute approximate surface area is 160 Å². The van der Waals surface area contributed by atoms with Crippen LogP contribution in [0.2, 0.25) is 0 Å². The third-order valence-corrected chi connectivity index (χ3v) is 3.77. The largest absolute Gasteiger partial charge is 0.465 e. The molecule has 154 valence electrons. The summed E-state index contributed by atoms with van der Waals surface area (Å²) in [7, 11) is 0. The van der Waals surface area contributed by atoms with Crippen LogP contribution in [0.5, 0.6) is 0 Å². The highest BCUT2D eigenvalue weighted by Gasteiger charge is 2.18. The van der Waals surface area contributed by atoms with Crippen LogP contribution >= 0.6 is 0 Å². The van der Waals surface area contributed by atoms with E-state index < -0.39 is 35.3 Å². The third kappa shape index (κ3) is 11.9. The maximum atomic E-state index is 11.8. The summed E-state index contributed by atoms with van der Waals surface area (Å²) in [4.78, 5) is 57.7. The van der Waals surface area contributed by atoms with Crippen molar-refractivity contribution in [3.05, 3.63) is 0 Å². The molecule has 0 fully saturated rings. The van der Waals surface area contributed by atoms with Crippen LogP contribution in [-0.2, 0) is 28.7 Å². The molecular weight excluding hydrogens is 352 g/mol. The Morgan fingerprint density at radius 3 is 2.07 bits per heavy atom. The van der Waals surface area contributed by atoms with E-state index in [1.807, 2.05) is 13.8 Å². The predicted molar refractivity (Wildman–Crippen MR) is 99.8 cm³/mol. The molecule has 8 heteroatoms. The molecule has 0 heterocycles. The average molecular weight is 384 g/mol. The molecule has 0 aromatic heterocycles. The smallest absolute Gasteiger partial charge is 0.310 e. The lowest BCUT2D eigenvalue weighted by atomic mass is 10.1. The van der Waals surface area contributed by atoms with Gasteiger partial charge in [-0.3, -0.25) is 24.0 Å². The molecule has 0 aliphatic rings. The molecule has 0 saturated carbocycles. The number of unbranched alkanes of at least 4 members (excludes halogenated alkanes) is 2. The number of carbonyl (C=O) groups is 5. The van der Waals surface area contributed by atoms with Gasteiger partial charge in [-0.1, -0.05) is 27.2 Å². The minimum atomic E-state index is -0.705. The van der Waals surface area contributed by atoms with E-state index in [0.717, 1.165) is 6.42 Å². The fraction of sp³-hybridized carbons (Fsp3) is 0.737. The summed E-state index contributed by atoms with van der Waals surface area (Å²) >= 11 is 0. The Bertz CT molecular complexity index is 518. The number of ketones is 2. The van der Waals surface area contributed by atoms with E-state index >= 15 is 0 Å². The average Bonchev–Trinajstić information content (AvgIpc) is 2.65. The van der Waals surface area contributed by atoms with Crippen molar-refractivity contribution >= 4 is 29.4 Å². The maximum Gasteiger partial charge on any atom is 0.310 e. The molecule has 1 unspecified atom stereocenters. The molecule has 0 aliphatic carbocycles. The Morgan fingerprint density at radius 2 is 1.44 bits per heavy atom. The van der Waals surface area contributed by atoms with Crippen molar-refractivity contribution < 1.29 is 28.7 Å². The van der Waals surface area contributed by atoms with Gasteiger partial charge in [0.25, 0.3) is 11.8 Å². The topological polar surface area (TPSA) is 119 Å². The summed E-state index contributed by atoms with van der Waals surface area (Å²) in [5.41, 5.74) is 0. The normalized spacial score (nSPS) is 11.4. The van der Waals surface area contributed by atoms with Crippen LogP contribution in [0, 0.1) is 5.92 Å². The summed E-state index contributed by atoms with van der Waals surface area (Å²) < 4.78 is 4.97. The van der Waals surface area contributed by atoms with Crippen LogP contribution in [0.25, 0.3) is 0 Å². The van der Waals surface area contributed by atoms with Crippen molar-refractivity contribution in [1.82, 2.24) is 10.6 Å². The third-order valence-electron chi connectivity index (χ3n) is 3.77. The second-order valence-corrected chi connectivity index (χ2v) is 6.44. The predicted octanol–water partition coefficient (Wildman–Crippen LogP) is 1.31. The molecule has 8 nitrogen and oxygen atoms in total. The molecule has 0 rings (SSSR count). The Kier molecular flexibility index (Phi) is 13.6. The zero-order valence-electron chi connectivity index (χ0n) is 16.6. The van der Waals surface area contributed by atoms with Gasteiger partial charge in [0.2, 0.25) is 11.6 Å². The van der Waals surface area contributed by atoms with Crippen molar-refractivity contribution in [3.63, 3.8) is 0 Å². The van der Waals surface area contributed by atoms with Crippen LogP contribution < -0.4 is 10.6 Å². The number of carbonyl (C=O) groups excluding carboxylic acids is 5. The molecule has 0 spiro atoms.